The second-order valence-electron chi connectivity index (χ2n) is 8.16. The molecule has 0 heterocycles. The molecule has 1 heteroatoms. The number of benzene rings is 1. The molecular formula is C33H55N. The quantitative estimate of drug-likeness (QED) is 0.253. The van der Waals surface area contributed by atoms with E-state index in [1.165, 1.54) is 42.4 Å². The lowest BCUT2D eigenvalue weighted by molar-refractivity contribution is 0.570. The number of anilines is 1. The van der Waals surface area contributed by atoms with Crippen LogP contribution in [0.4, 0.5) is 5.69 Å². The molecule has 0 spiro atoms. The summed E-state index contributed by atoms with van der Waals surface area (Å²) < 4.78 is 0. The lowest BCUT2D eigenvalue weighted by atomic mass is 9.91. The van der Waals surface area contributed by atoms with Gasteiger partial charge in [0.2, 0.25) is 0 Å². The van der Waals surface area contributed by atoms with E-state index in [0.717, 1.165) is 23.4 Å². The van der Waals surface area contributed by atoms with Gasteiger partial charge in [-0.15, -0.1) is 0 Å². The van der Waals surface area contributed by atoms with Crippen LogP contribution in [0.5, 0.6) is 0 Å². The highest BCUT2D eigenvalue weighted by Crippen LogP contribution is 2.27. The molecule has 1 atom stereocenters. The van der Waals surface area contributed by atoms with Crippen molar-refractivity contribution in [1.82, 2.24) is 0 Å². The van der Waals surface area contributed by atoms with Crippen LogP contribution in [0.15, 0.2) is 96.8 Å². The third-order valence-corrected chi connectivity index (χ3v) is 5.46. The highest BCUT2D eigenvalue weighted by molar-refractivity contribution is 5.52. The Morgan fingerprint density at radius 1 is 0.971 bits per heavy atom. The Labute approximate surface area is 214 Å². The summed E-state index contributed by atoms with van der Waals surface area (Å²) in [7, 11) is 0. The van der Waals surface area contributed by atoms with Gasteiger partial charge in [0.1, 0.15) is 0 Å². The molecule has 0 amide bonds. The van der Waals surface area contributed by atoms with Crippen molar-refractivity contribution in [2.45, 2.75) is 101 Å². The van der Waals surface area contributed by atoms with E-state index >= 15 is 0 Å². The van der Waals surface area contributed by atoms with E-state index in [1.807, 2.05) is 45.9 Å². The zero-order chi connectivity index (χ0) is 25.6. The molecule has 0 fully saturated rings. The molecule has 0 aromatic heterocycles. The summed E-state index contributed by atoms with van der Waals surface area (Å²) >= 11 is 0. The first-order chi connectivity index (χ1) is 15.7. The van der Waals surface area contributed by atoms with Crippen molar-refractivity contribution in [1.29, 1.82) is 0 Å². The predicted octanol–water partition coefficient (Wildman–Crippen LogP) is 11.6. The van der Waals surface area contributed by atoms with Gasteiger partial charge in [0, 0.05) is 11.4 Å². The Hall–Kier alpha value is -2.54. The summed E-state index contributed by atoms with van der Waals surface area (Å²) in [5.41, 5.74) is 6.94. The van der Waals surface area contributed by atoms with Crippen LogP contribution >= 0.6 is 0 Å². The number of hydrogen-bond acceptors (Lipinski definition) is 1. The topological polar surface area (TPSA) is 12.0 Å². The minimum atomic E-state index is 0. The molecule has 0 bridgehead atoms. The van der Waals surface area contributed by atoms with E-state index < -0.39 is 0 Å². The zero-order valence-electron chi connectivity index (χ0n) is 22.9. The lowest BCUT2D eigenvalue weighted by Gasteiger charge is -2.16. The molecule has 1 unspecified atom stereocenters. The number of nitrogens with one attached hydrogen (secondary N) is 1. The van der Waals surface area contributed by atoms with Gasteiger partial charge in [-0.2, -0.15) is 0 Å². The summed E-state index contributed by atoms with van der Waals surface area (Å²) in [6.45, 7) is 28.3. The molecule has 0 aliphatic rings. The highest BCUT2D eigenvalue weighted by Gasteiger charge is 2.08. The van der Waals surface area contributed by atoms with Gasteiger partial charge in [-0.05, 0) is 94.2 Å². The SMILES string of the molecule is C.C/C=C\C.C=C(C)C(=C)Nc1ccc(C(CC)CCCC)cc1.C=CC(=C\CC)/C(C)=C/C. The Morgan fingerprint density at radius 2 is 1.53 bits per heavy atom. The minimum absolute atomic E-state index is 0. The van der Waals surface area contributed by atoms with Gasteiger partial charge in [-0.25, -0.2) is 0 Å². The predicted molar refractivity (Wildman–Crippen MR) is 162 cm³/mol. The van der Waals surface area contributed by atoms with E-state index in [4.69, 9.17) is 0 Å². The summed E-state index contributed by atoms with van der Waals surface area (Å²) in [6.07, 6.45) is 16.3. The van der Waals surface area contributed by atoms with Crippen LogP contribution in [-0.4, -0.2) is 0 Å². The lowest BCUT2D eigenvalue weighted by Crippen LogP contribution is -2.00. The van der Waals surface area contributed by atoms with Crippen LogP contribution in [0.3, 0.4) is 0 Å². The monoisotopic (exact) mass is 465 g/mol. The summed E-state index contributed by atoms with van der Waals surface area (Å²) in [5, 5.41) is 3.27. The fourth-order valence-corrected chi connectivity index (χ4v) is 2.97. The minimum Gasteiger partial charge on any atom is -0.356 e. The van der Waals surface area contributed by atoms with E-state index in [2.05, 4.69) is 89.2 Å². The largest absolute Gasteiger partial charge is 0.356 e. The van der Waals surface area contributed by atoms with Crippen LogP contribution in [0, 0.1) is 0 Å². The van der Waals surface area contributed by atoms with Crippen molar-refractivity contribution < 1.29 is 0 Å². The highest BCUT2D eigenvalue weighted by atomic mass is 14.9. The molecule has 0 aliphatic heterocycles. The van der Waals surface area contributed by atoms with Crippen molar-refractivity contribution in [3.8, 4) is 0 Å². The molecule has 192 valence electrons. The third kappa shape index (κ3) is 17.0. The average Bonchev–Trinajstić information content (AvgIpc) is 2.83. The smallest absolute Gasteiger partial charge is 0.0384 e. The summed E-state index contributed by atoms with van der Waals surface area (Å²) in [6, 6.07) is 8.74. The molecule has 34 heavy (non-hydrogen) atoms. The number of allylic oxidation sites excluding steroid dienone is 8. The van der Waals surface area contributed by atoms with E-state index in [9.17, 15) is 0 Å². The summed E-state index contributed by atoms with van der Waals surface area (Å²) in [5.74, 6) is 0.693. The first kappa shape index (κ1) is 36.0. The molecule has 1 aromatic rings. The standard InChI is InChI=1S/C18H27N.C10H16.C4H8.CH4/c1-6-8-9-16(7-2)17-10-12-18(13-11-17)19-15(5)14(3)4;1-5-8-10(7-3)9(4)6-2;1-3-4-2;/h10-13,16,19H,3,5-9H2,1-2,4H3;6-8H,3,5H2,1-2,4H3;3-4H,1-2H3;1H4/b;9-6+,10-8+;4-3-;. The Morgan fingerprint density at radius 3 is 1.88 bits per heavy atom. The fourth-order valence-electron chi connectivity index (χ4n) is 2.97. The molecule has 1 aromatic carbocycles. The first-order valence-corrected chi connectivity index (χ1v) is 12.5. The number of hydrogen-bond donors (Lipinski definition) is 1. The molecule has 0 aliphatic carbocycles. The van der Waals surface area contributed by atoms with Gasteiger partial charge >= 0.3 is 0 Å². The molecule has 0 saturated heterocycles. The van der Waals surface area contributed by atoms with Gasteiger partial charge in [-0.3, -0.25) is 0 Å². The van der Waals surface area contributed by atoms with E-state index in [0.29, 0.717) is 5.92 Å². The second kappa shape index (κ2) is 23.6. The van der Waals surface area contributed by atoms with E-state index in [1.54, 1.807) is 0 Å². The fraction of sp³-hybridized carbons (Fsp3) is 0.455. The van der Waals surface area contributed by atoms with Crippen LogP contribution in [0.25, 0.3) is 0 Å². The molecule has 0 saturated carbocycles. The molecule has 1 nitrogen and oxygen atoms in total. The van der Waals surface area contributed by atoms with Crippen molar-refractivity contribution in [3.05, 3.63) is 102 Å². The van der Waals surface area contributed by atoms with Crippen LogP contribution in [0.2, 0.25) is 0 Å². The normalized spacial score (nSPS) is 11.8. The van der Waals surface area contributed by atoms with Crippen LogP contribution < -0.4 is 5.32 Å². The Bertz CT molecular complexity index is 752. The zero-order valence-corrected chi connectivity index (χ0v) is 22.9. The van der Waals surface area contributed by atoms with Crippen molar-refractivity contribution >= 4 is 5.69 Å². The van der Waals surface area contributed by atoms with Crippen molar-refractivity contribution in [2.24, 2.45) is 0 Å². The first-order valence-electron chi connectivity index (χ1n) is 12.5. The Balaban J connectivity index is -0.000000540. The average molecular weight is 466 g/mol. The van der Waals surface area contributed by atoms with Gasteiger partial charge in [0.05, 0.1) is 0 Å². The Kier molecular flexibility index (Phi) is 25.0. The number of rotatable bonds is 11. The van der Waals surface area contributed by atoms with E-state index in [-0.39, 0.29) is 7.43 Å². The third-order valence-electron chi connectivity index (χ3n) is 5.46. The van der Waals surface area contributed by atoms with Crippen LogP contribution in [0.1, 0.15) is 106 Å². The maximum absolute atomic E-state index is 3.95. The summed E-state index contributed by atoms with van der Waals surface area (Å²) in [4.78, 5) is 0. The van der Waals surface area contributed by atoms with Crippen LogP contribution in [-0.2, 0) is 0 Å². The van der Waals surface area contributed by atoms with Gasteiger partial charge in [0.15, 0.2) is 0 Å². The molecular weight excluding hydrogens is 410 g/mol. The molecule has 0 radical (unpaired) electrons. The van der Waals surface area contributed by atoms with Crippen molar-refractivity contribution in [2.75, 3.05) is 5.32 Å². The molecule has 1 N–H and O–H groups in total. The maximum Gasteiger partial charge on any atom is 0.0384 e. The second-order valence-corrected chi connectivity index (χ2v) is 8.16. The molecule has 1 rings (SSSR count). The number of unbranched alkanes of at least 4 members (excludes halogenated alkanes) is 1. The van der Waals surface area contributed by atoms with Gasteiger partial charge in [-0.1, -0.05) is 103 Å². The maximum atomic E-state index is 3.95. The van der Waals surface area contributed by atoms with Crippen molar-refractivity contribution in [3.63, 3.8) is 0 Å². The van der Waals surface area contributed by atoms with Gasteiger partial charge in [0.25, 0.3) is 0 Å². The van der Waals surface area contributed by atoms with Gasteiger partial charge < -0.3 is 5.32 Å².